The molecule has 1 heterocycles. The lowest BCUT2D eigenvalue weighted by atomic mass is 10.0. The molecule has 1 aromatic heterocycles. The Labute approximate surface area is 126 Å². The molecule has 3 aromatic rings. The van der Waals surface area contributed by atoms with Gasteiger partial charge in [0.1, 0.15) is 5.15 Å². The molecule has 0 N–H and O–H groups in total. The zero-order chi connectivity index (χ0) is 14.1. The zero-order valence-electron chi connectivity index (χ0n) is 10.3. The van der Waals surface area contributed by atoms with Gasteiger partial charge in [-0.05, 0) is 24.3 Å². The molecule has 0 unspecified atom stereocenters. The van der Waals surface area contributed by atoms with E-state index in [9.17, 15) is 4.79 Å². The predicted octanol–water partition coefficient (Wildman–Crippen LogP) is 4.77. The van der Waals surface area contributed by atoms with Gasteiger partial charge in [0.25, 0.3) is 0 Å². The van der Waals surface area contributed by atoms with E-state index in [4.69, 9.17) is 23.2 Å². The van der Waals surface area contributed by atoms with Crippen LogP contribution in [0.15, 0.2) is 54.6 Å². The number of halogens is 2. The molecule has 0 amide bonds. The first-order valence-corrected chi connectivity index (χ1v) is 6.76. The molecule has 2 nitrogen and oxygen atoms in total. The number of hydrogen-bond acceptors (Lipinski definition) is 2. The van der Waals surface area contributed by atoms with Crippen molar-refractivity contribution in [1.82, 2.24) is 4.98 Å². The van der Waals surface area contributed by atoms with Gasteiger partial charge in [0, 0.05) is 16.0 Å². The number of aromatic nitrogens is 1. The number of pyridine rings is 1. The lowest BCUT2D eigenvalue weighted by molar-refractivity contribution is 0.103. The predicted molar refractivity (Wildman–Crippen MR) is 81.6 cm³/mol. The fraction of sp³-hybridized carbons (Fsp3) is 0. The SMILES string of the molecule is O=C(c1ccccc1)c1cc2cc(Cl)ccc2nc1Cl. The second kappa shape index (κ2) is 5.23. The third-order valence-corrected chi connectivity index (χ3v) is 3.53. The summed E-state index contributed by atoms with van der Waals surface area (Å²) in [6.07, 6.45) is 0. The van der Waals surface area contributed by atoms with Crippen LogP contribution in [-0.4, -0.2) is 10.8 Å². The minimum Gasteiger partial charge on any atom is -0.288 e. The number of carbonyl (C=O) groups is 1. The number of rotatable bonds is 2. The molecule has 0 fully saturated rings. The van der Waals surface area contributed by atoms with Gasteiger partial charge >= 0.3 is 0 Å². The van der Waals surface area contributed by atoms with E-state index in [2.05, 4.69) is 4.98 Å². The quantitative estimate of drug-likeness (QED) is 0.504. The second-order valence-electron chi connectivity index (χ2n) is 4.36. The highest BCUT2D eigenvalue weighted by Gasteiger charge is 2.14. The van der Waals surface area contributed by atoms with Crippen molar-refractivity contribution in [1.29, 1.82) is 0 Å². The van der Waals surface area contributed by atoms with Gasteiger partial charge in [0.05, 0.1) is 11.1 Å². The van der Waals surface area contributed by atoms with E-state index in [0.29, 0.717) is 21.7 Å². The highest BCUT2D eigenvalue weighted by Crippen LogP contribution is 2.25. The first-order chi connectivity index (χ1) is 9.65. The molecule has 4 heteroatoms. The first kappa shape index (κ1) is 13.1. The fourth-order valence-electron chi connectivity index (χ4n) is 2.03. The Morgan fingerprint density at radius 1 is 0.950 bits per heavy atom. The largest absolute Gasteiger partial charge is 0.288 e. The van der Waals surface area contributed by atoms with Crippen molar-refractivity contribution in [3.8, 4) is 0 Å². The van der Waals surface area contributed by atoms with Crippen LogP contribution in [0, 0.1) is 0 Å². The van der Waals surface area contributed by atoms with Crippen LogP contribution in [-0.2, 0) is 0 Å². The molecule has 20 heavy (non-hydrogen) atoms. The molecular formula is C16H9Cl2NO. The third kappa shape index (κ3) is 2.40. The lowest BCUT2D eigenvalue weighted by Gasteiger charge is -2.06. The van der Waals surface area contributed by atoms with Crippen LogP contribution < -0.4 is 0 Å². The van der Waals surface area contributed by atoms with Gasteiger partial charge in [-0.1, -0.05) is 53.5 Å². The van der Waals surface area contributed by atoms with Crippen LogP contribution in [0.25, 0.3) is 10.9 Å². The van der Waals surface area contributed by atoms with Gasteiger partial charge in [0.15, 0.2) is 5.78 Å². The number of benzene rings is 2. The molecule has 0 atom stereocenters. The summed E-state index contributed by atoms with van der Waals surface area (Å²) in [4.78, 5) is 16.7. The van der Waals surface area contributed by atoms with E-state index in [-0.39, 0.29) is 10.9 Å². The summed E-state index contributed by atoms with van der Waals surface area (Å²) >= 11 is 12.1. The van der Waals surface area contributed by atoms with Crippen LogP contribution in [0.5, 0.6) is 0 Å². The summed E-state index contributed by atoms with van der Waals surface area (Å²) in [7, 11) is 0. The van der Waals surface area contributed by atoms with Crippen molar-refractivity contribution < 1.29 is 4.79 Å². The van der Waals surface area contributed by atoms with Crippen molar-refractivity contribution >= 4 is 39.9 Å². The Morgan fingerprint density at radius 3 is 2.45 bits per heavy atom. The average Bonchev–Trinajstić information content (AvgIpc) is 2.47. The summed E-state index contributed by atoms with van der Waals surface area (Å²) in [5.74, 6) is -0.148. The highest BCUT2D eigenvalue weighted by atomic mass is 35.5. The summed E-state index contributed by atoms with van der Waals surface area (Å²) in [5.41, 5.74) is 1.68. The van der Waals surface area contributed by atoms with E-state index >= 15 is 0 Å². The monoisotopic (exact) mass is 301 g/mol. The number of fused-ring (bicyclic) bond motifs is 1. The summed E-state index contributed by atoms with van der Waals surface area (Å²) in [6, 6.07) is 16.0. The molecule has 0 spiro atoms. The van der Waals surface area contributed by atoms with Gasteiger partial charge in [-0.25, -0.2) is 4.98 Å². The van der Waals surface area contributed by atoms with Gasteiger partial charge in [0.2, 0.25) is 0 Å². The van der Waals surface area contributed by atoms with E-state index in [1.54, 1.807) is 36.4 Å². The molecule has 0 aliphatic rings. The van der Waals surface area contributed by atoms with Crippen LogP contribution >= 0.6 is 23.2 Å². The van der Waals surface area contributed by atoms with E-state index in [1.165, 1.54) is 0 Å². The van der Waals surface area contributed by atoms with E-state index in [1.807, 2.05) is 18.2 Å². The van der Waals surface area contributed by atoms with Crippen molar-refractivity contribution in [2.75, 3.05) is 0 Å². The summed E-state index contributed by atoms with van der Waals surface area (Å²) in [6.45, 7) is 0. The molecule has 98 valence electrons. The maximum absolute atomic E-state index is 12.4. The highest BCUT2D eigenvalue weighted by molar-refractivity contribution is 6.34. The Kier molecular flexibility index (Phi) is 3.43. The molecule has 2 aromatic carbocycles. The van der Waals surface area contributed by atoms with Crippen LogP contribution in [0.4, 0.5) is 0 Å². The molecule has 0 aliphatic carbocycles. The summed E-state index contributed by atoms with van der Waals surface area (Å²) in [5, 5.41) is 1.59. The molecule has 0 aliphatic heterocycles. The molecular weight excluding hydrogens is 293 g/mol. The third-order valence-electron chi connectivity index (χ3n) is 3.01. The minimum atomic E-state index is -0.148. The van der Waals surface area contributed by atoms with Gasteiger partial charge in [-0.15, -0.1) is 0 Å². The van der Waals surface area contributed by atoms with E-state index in [0.717, 1.165) is 5.39 Å². The van der Waals surface area contributed by atoms with Gasteiger partial charge in [-0.2, -0.15) is 0 Å². The number of nitrogens with zero attached hydrogens (tertiary/aromatic N) is 1. The Bertz CT molecular complexity index is 800. The van der Waals surface area contributed by atoms with Crippen molar-refractivity contribution in [3.05, 3.63) is 75.9 Å². The van der Waals surface area contributed by atoms with Crippen molar-refractivity contribution in [2.45, 2.75) is 0 Å². The molecule has 0 radical (unpaired) electrons. The van der Waals surface area contributed by atoms with E-state index < -0.39 is 0 Å². The van der Waals surface area contributed by atoms with Gasteiger partial charge in [-0.3, -0.25) is 4.79 Å². The van der Waals surface area contributed by atoms with Crippen LogP contribution in [0.1, 0.15) is 15.9 Å². The molecule has 3 rings (SSSR count). The maximum atomic E-state index is 12.4. The smallest absolute Gasteiger partial charge is 0.196 e. The second-order valence-corrected chi connectivity index (χ2v) is 5.15. The molecule has 0 bridgehead atoms. The molecule has 0 saturated heterocycles. The number of ketones is 1. The van der Waals surface area contributed by atoms with Crippen molar-refractivity contribution in [2.24, 2.45) is 0 Å². The standard InChI is InChI=1S/C16H9Cl2NO/c17-12-6-7-14-11(8-12)9-13(16(18)19-14)15(20)10-4-2-1-3-5-10/h1-9H. The summed E-state index contributed by atoms with van der Waals surface area (Å²) < 4.78 is 0. The Hall–Kier alpha value is -1.90. The Balaban J connectivity index is 2.16. The first-order valence-electron chi connectivity index (χ1n) is 6.01. The fourth-order valence-corrected chi connectivity index (χ4v) is 2.44. The number of carbonyl (C=O) groups excluding carboxylic acids is 1. The average molecular weight is 302 g/mol. The molecule has 0 saturated carbocycles. The topological polar surface area (TPSA) is 30.0 Å². The zero-order valence-corrected chi connectivity index (χ0v) is 11.8. The normalized spacial score (nSPS) is 10.7. The lowest BCUT2D eigenvalue weighted by Crippen LogP contribution is -2.03. The Morgan fingerprint density at radius 2 is 1.70 bits per heavy atom. The minimum absolute atomic E-state index is 0.148. The number of hydrogen-bond donors (Lipinski definition) is 0. The van der Waals surface area contributed by atoms with Gasteiger partial charge < -0.3 is 0 Å². The van der Waals surface area contributed by atoms with Crippen LogP contribution in [0.3, 0.4) is 0 Å². The van der Waals surface area contributed by atoms with Crippen molar-refractivity contribution in [3.63, 3.8) is 0 Å². The van der Waals surface area contributed by atoms with Crippen LogP contribution in [0.2, 0.25) is 10.2 Å². The maximum Gasteiger partial charge on any atom is 0.196 e.